The van der Waals surface area contributed by atoms with Crippen molar-refractivity contribution in [2.75, 3.05) is 13.1 Å². The second-order valence-electron chi connectivity index (χ2n) is 8.10. The molecule has 0 spiro atoms. The molecule has 2 aromatic rings. The van der Waals surface area contributed by atoms with Gasteiger partial charge in [-0.25, -0.2) is 9.48 Å². The van der Waals surface area contributed by atoms with E-state index in [1.54, 1.807) is 15.8 Å². The lowest BCUT2D eigenvalue weighted by molar-refractivity contribution is 0.0473. The molecular weight excluding hydrogens is 358 g/mol. The van der Waals surface area contributed by atoms with Crippen LogP contribution in [-0.2, 0) is 4.74 Å². The molecule has 0 atom stereocenters. The van der Waals surface area contributed by atoms with Crippen molar-refractivity contribution in [3.8, 4) is 5.69 Å². The van der Waals surface area contributed by atoms with Gasteiger partial charge in [0.2, 0.25) is 0 Å². The highest BCUT2D eigenvalue weighted by Gasteiger charge is 2.27. The van der Waals surface area contributed by atoms with E-state index in [9.17, 15) is 9.59 Å². The van der Waals surface area contributed by atoms with Gasteiger partial charge in [-0.15, -0.1) is 5.10 Å². The zero-order valence-electron chi connectivity index (χ0n) is 16.8. The summed E-state index contributed by atoms with van der Waals surface area (Å²) in [5.74, 6) is -0.144. The van der Waals surface area contributed by atoms with Crippen LogP contribution in [0.1, 0.15) is 49.7 Å². The summed E-state index contributed by atoms with van der Waals surface area (Å²) in [5, 5.41) is 11.0. The Kier molecular flexibility index (Phi) is 5.67. The topological polar surface area (TPSA) is 89.4 Å². The number of nitrogens with one attached hydrogen (secondary N) is 1. The van der Waals surface area contributed by atoms with Gasteiger partial charge in [0.25, 0.3) is 5.91 Å². The molecule has 28 heavy (non-hydrogen) atoms. The number of rotatable bonds is 3. The van der Waals surface area contributed by atoms with Crippen LogP contribution in [0.15, 0.2) is 30.5 Å². The smallest absolute Gasteiger partial charge is 0.407 e. The summed E-state index contributed by atoms with van der Waals surface area (Å²) < 4.78 is 6.89. The van der Waals surface area contributed by atoms with Gasteiger partial charge in [0.15, 0.2) is 5.69 Å². The summed E-state index contributed by atoms with van der Waals surface area (Å²) in [5.41, 5.74) is 1.81. The lowest BCUT2D eigenvalue weighted by Crippen LogP contribution is -2.47. The number of alkyl carbamates (subject to hydrolysis) is 1. The highest BCUT2D eigenvalue weighted by atomic mass is 16.6. The molecule has 1 saturated heterocycles. The Balaban J connectivity index is 1.54. The minimum Gasteiger partial charge on any atom is -0.444 e. The molecule has 0 saturated carbocycles. The van der Waals surface area contributed by atoms with Gasteiger partial charge in [0, 0.05) is 19.1 Å². The number of aryl methyl sites for hydroxylation is 1. The lowest BCUT2D eigenvalue weighted by atomic mass is 10.0. The molecular formula is C20H27N5O3. The van der Waals surface area contributed by atoms with E-state index < -0.39 is 11.7 Å². The van der Waals surface area contributed by atoms with Gasteiger partial charge in [-0.3, -0.25) is 4.79 Å². The zero-order valence-corrected chi connectivity index (χ0v) is 16.8. The van der Waals surface area contributed by atoms with Crippen molar-refractivity contribution < 1.29 is 14.3 Å². The predicted molar refractivity (Wildman–Crippen MR) is 104 cm³/mol. The maximum Gasteiger partial charge on any atom is 0.407 e. The Labute approximate surface area is 164 Å². The van der Waals surface area contributed by atoms with E-state index in [4.69, 9.17) is 4.74 Å². The molecule has 1 aromatic heterocycles. The van der Waals surface area contributed by atoms with Crippen LogP contribution in [0.4, 0.5) is 4.79 Å². The molecule has 0 radical (unpaired) electrons. The first-order chi connectivity index (χ1) is 13.2. The molecule has 0 aliphatic carbocycles. The van der Waals surface area contributed by atoms with Gasteiger partial charge >= 0.3 is 6.09 Å². The van der Waals surface area contributed by atoms with Crippen LogP contribution < -0.4 is 5.32 Å². The summed E-state index contributed by atoms with van der Waals surface area (Å²) in [6, 6.07) is 7.85. The monoisotopic (exact) mass is 385 g/mol. The number of nitrogens with zero attached hydrogens (tertiary/aromatic N) is 4. The summed E-state index contributed by atoms with van der Waals surface area (Å²) in [6.07, 6.45) is 2.59. The Morgan fingerprint density at radius 3 is 2.39 bits per heavy atom. The van der Waals surface area contributed by atoms with Crippen molar-refractivity contribution in [2.24, 2.45) is 0 Å². The third-order valence-corrected chi connectivity index (χ3v) is 4.51. The Morgan fingerprint density at radius 1 is 1.14 bits per heavy atom. The Hall–Kier alpha value is -2.90. The number of hydrogen-bond donors (Lipinski definition) is 1. The second-order valence-corrected chi connectivity index (χ2v) is 8.10. The van der Waals surface area contributed by atoms with Crippen LogP contribution in [0.2, 0.25) is 0 Å². The highest BCUT2D eigenvalue weighted by molar-refractivity contribution is 5.92. The molecule has 1 aliphatic heterocycles. The molecule has 150 valence electrons. The standard InChI is InChI=1S/C20H27N5O3/c1-14-5-7-16(8-6-14)25-13-17(22-23-25)18(26)24-11-9-15(10-12-24)21-19(27)28-20(2,3)4/h5-8,13,15H,9-12H2,1-4H3,(H,21,27). The average Bonchev–Trinajstić information content (AvgIpc) is 3.11. The van der Waals surface area contributed by atoms with E-state index >= 15 is 0 Å². The number of ether oxygens (including phenoxy) is 1. The molecule has 8 nitrogen and oxygen atoms in total. The van der Waals surface area contributed by atoms with Gasteiger partial charge in [-0.05, 0) is 52.7 Å². The molecule has 0 bridgehead atoms. The number of likely N-dealkylation sites (tertiary alicyclic amines) is 1. The first kappa shape index (κ1) is 19.9. The van der Waals surface area contributed by atoms with Crippen LogP contribution >= 0.6 is 0 Å². The Morgan fingerprint density at radius 2 is 1.79 bits per heavy atom. The van der Waals surface area contributed by atoms with Crippen molar-refractivity contribution in [3.63, 3.8) is 0 Å². The van der Waals surface area contributed by atoms with Gasteiger partial charge < -0.3 is 15.0 Å². The summed E-state index contributed by atoms with van der Waals surface area (Å²) in [6.45, 7) is 8.61. The molecule has 1 aromatic carbocycles. The van der Waals surface area contributed by atoms with E-state index in [-0.39, 0.29) is 11.9 Å². The van der Waals surface area contributed by atoms with E-state index in [0.717, 1.165) is 11.3 Å². The quantitative estimate of drug-likeness (QED) is 0.877. The minimum atomic E-state index is -0.524. The fourth-order valence-corrected chi connectivity index (χ4v) is 3.05. The van der Waals surface area contributed by atoms with Crippen LogP contribution in [0, 0.1) is 6.92 Å². The van der Waals surface area contributed by atoms with Gasteiger partial charge in [0.05, 0.1) is 11.9 Å². The predicted octanol–water partition coefficient (Wildman–Crippen LogP) is 2.71. The third-order valence-electron chi connectivity index (χ3n) is 4.51. The number of piperidine rings is 1. The molecule has 1 aliphatic rings. The van der Waals surface area contributed by atoms with Crippen molar-refractivity contribution in [2.45, 2.75) is 52.2 Å². The van der Waals surface area contributed by atoms with Crippen molar-refractivity contribution in [3.05, 3.63) is 41.7 Å². The fourth-order valence-electron chi connectivity index (χ4n) is 3.05. The second kappa shape index (κ2) is 8.00. The van der Waals surface area contributed by atoms with Crippen LogP contribution in [0.25, 0.3) is 5.69 Å². The molecule has 0 unspecified atom stereocenters. The normalized spacial score (nSPS) is 15.4. The largest absolute Gasteiger partial charge is 0.444 e. The van der Waals surface area contributed by atoms with Crippen LogP contribution in [0.3, 0.4) is 0 Å². The summed E-state index contributed by atoms with van der Waals surface area (Å²) in [4.78, 5) is 26.3. The number of hydrogen-bond acceptors (Lipinski definition) is 5. The minimum absolute atomic E-state index is 0.00198. The first-order valence-electron chi connectivity index (χ1n) is 9.49. The fraction of sp³-hybridized carbons (Fsp3) is 0.500. The van der Waals surface area contributed by atoms with E-state index in [1.807, 2.05) is 52.0 Å². The van der Waals surface area contributed by atoms with Gasteiger partial charge in [-0.1, -0.05) is 22.9 Å². The zero-order chi connectivity index (χ0) is 20.3. The number of aromatic nitrogens is 3. The highest BCUT2D eigenvalue weighted by Crippen LogP contribution is 2.15. The number of carbonyl (C=O) groups is 2. The molecule has 3 rings (SSSR count). The Bertz CT molecular complexity index is 830. The number of amides is 2. The number of benzene rings is 1. The first-order valence-corrected chi connectivity index (χ1v) is 9.49. The molecule has 8 heteroatoms. The molecule has 1 N–H and O–H groups in total. The molecule has 2 heterocycles. The lowest BCUT2D eigenvalue weighted by Gasteiger charge is -2.32. The molecule has 1 fully saturated rings. The van der Waals surface area contributed by atoms with Crippen molar-refractivity contribution in [1.82, 2.24) is 25.2 Å². The van der Waals surface area contributed by atoms with Gasteiger partial charge in [-0.2, -0.15) is 0 Å². The summed E-state index contributed by atoms with van der Waals surface area (Å²) in [7, 11) is 0. The number of carbonyl (C=O) groups excluding carboxylic acids is 2. The molecule has 2 amide bonds. The van der Waals surface area contributed by atoms with Crippen molar-refractivity contribution >= 4 is 12.0 Å². The average molecular weight is 385 g/mol. The van der Waals surface area contributed by atoms with Crippen LogP contribution in [0.5, 0.6) is 0 Å². The maximum atomic E-state index is 12.7. The summed E-state index contributed by atoms with van der Waals surface area (Å²) >= 11 is 0. The maximum absolute atomic E-state index is 12.7. The van der Waals surface area contributed by atoms with E-state index in [0.29, 0.717) is 31.6 Å². The van der Waals surface area contributed by atoms with Crippen LogP contribution in [-0.4, -0.2) is 56.6 Å². The van der Waals surface area contributed by atoms with E-state index in [2.05, 4.69) is 15.6 Å². The third kappa shape index (κ3) is 5.09. The van der Waals surface area contributed by atoms with E-state index in [1.165, 1.54) is 0 Å². The SMILES string of the molecule is Cc1ccc(-n2cc(C(=O)N3CCC(NC(=O)OC(C)(C)C)CC3)nn2)cc1. The van der Waals surface area contributed by atoms with Gasteiger partial charge in [0.1, 0.15) is 5.60 Å². The van der Waals surface area contributed by atoms with Crippen molar-refractivity contribution in [1.29, 1.82) is 0 Å².